The monoisotopic (exact) mass is 285 g/mol. The fourth-order valence-electron chi connectivity index (χ4n) is 2.59. The first-order valence-electron chi connectivity index (χ1n) is 6.68. The van der Waals surface area contributed by atoms with Gasteiger partial charge in [-0.1, -0.05) is 18.2 Å². The number of benzene rings is 2. The van der Waals surface area contributed by atoms with E-state index in [9.17, 15) is 4.39 Å². The summed E-state index contributed by atoms with van der Waals surface area (Å²) in [7, 11) is 1.64. The minimum absolute atomic E-state index is 0.0494. The second-order valence-electron chi connectivity index (χ2n) is 4.80. The summed E-state index contributed by atoms with van der Waals surface area (Å²) in [5.41, 5.74) is 7.83. The minimum Gasteiger partial charge on any atom is -0.496 e. The summed E-state index contributed by atoms with van der Waals surface area (Å²) in [6, 6.07) is 14.0. The van der Waals surface area contributed by atoms with E-state index in [1.54, 1.807) is 19.2 Å². The molecule has 0 bridgehead atoms. The average Bonchev–Trinajstić information content (AvgIpc) is 2.90. The minimum atomic E-state index is -0.276. The van der Waals surface area contributed by atoms with Crippen LogP contribution in [0.5, 0.6) is 5.75 Å². The molecule has 1 heterocycles. The Labute approximate surface area is 122 Å². The lowest BCUT2D eigenvalue weighted by atomic mass is 10.0. The molecule has 21 heavy (non-hydrogen) atoms. The van der Waals surface area contributed by atoms with Crippen molar-refractivity contribution < 1.29 is 9.13 Å². The van der Waals surface area contributed by atoms with Gasteiger partial charge in [-0.3, -0.25) is 4.99 Å². The van der Waals surface area contributed by atoms with Crippen molar-refractivity contribution in [1.29, 1.82) is 0 Å². The first-order chi connectivity index (χ1) is 10.2. The number of guanidine groups is 1. The molecule has 0 saturated heterocycles. The van der Waals surface area contributed by atoms with E-state index >= 15 is 0 Å². The van der Waals surface area contributed by atoms with Gasteiger partial charge in [-0.05, 0) is 30.3 Å². The lowest BCUT2D eigenvalue weighted by Crippen LogP contribution is -2.36. The number of hydrogen-bond acceptors (Lipinski definition) is 4. The standard InChI is InChI=1S/C16H16FN3O/c1-21-15-5-3-2-4-13(15)14-10-19-16(18)20(14)12-8-6-11(17)7-9-12/h2-9,14H,10H2,1H3,(H2,18,19). The molecule has 1 aliphatic rings. The molecule has 0 fully saturated rings. The van der Waals surface area contributed by atoms with Gasteiger partial charge in [-0.2, -0.15) is 0 Å². The molecule has 0 radical (unpaired) electrons. The molecule has 108 valence electrons. The number of nitrogens with zero attached hydrogens (tertiary/aromatic N) is 2. The normalized spacial score (nSPS) is 17.7. The van der Waals surface area contributed by atoms with Gasteiger partial charge in [0.2, 0.25) is 0 Å². The average molecular weight is 285 g/mol. The summed E-state index contributed by atoms with van der Waals surface area (Å²) >= 11 is 0. The maximum Gasteiger partial charge on any atom is 0.196 e. The zero-order valence-corrected chi connectivity index (χ0v) is 11.7. The summed E-state index contributed by atoms with van der Waals surface area (Å²) in [5.74, 6) is 0.944. The highest BCUT2D eigenvalue weighted by molar-refractivity contribution is 5.97. The molecular formula is C16H16FN3O. The Morgan fingerprint density at radius 3 is 2.62 bits per heavy atom. The lowest BCUT2D eigenvalue weighted by molar-refractivity contribution is 0.406. The first kappa shape index (κ1) is 13.4. The van der Waals surface area contributed by atoms with Crippen LogP contribution in [0.1, 0.15) is 11.6 Å². The highest BCUT2D eigenvalue weighted by Crippen LogP contribution is 2.35. The Morgan fingerprint density at radius 1 is 1.19 bits per heavy atom. The number of anilines is 1. The zero-order valence-electron chi connectivity index (χ0n) is 11.7. The molecule has 5 heteroatoms. The molecule has 1 atom stereocenters. The van der Waals surface area contributed by atoms with Crippen LogP contribution < -0.4 is 15.4 Å². The molecule has 0 amide bonds. The highest BCUT2D eigenvalue weighted by atomic mass is 19.1. The van der Waals surface area contributed by atoms with Gasteiger partial charge in [0.1, 0.15) is 11.6 Å². The third kappa shape index (κ3) is 2.42. The quantitative estimate of drug-likeness (QED) is 0.943. The Kier molecular flexibility index (Phi) is 3.48. The number of para-hydroxylation sites is 1. The molecule has 2 N–H and O–H groups in total. The fraction of sp³-hybridized carbons (Fsp3) is 0.188. The molecule has 2 aromatic rings. The largest absolute Gasteiger partial charge is 0.496 e. The maximum absolute atomic E-state index is 13.1. The summed E-state index contributed by atoms with van der Waals surface area (Å²) < 4.78 is 18.5. The maximum atomic E-state index is 13.1. The van der Waals surface area contributed by atoms with Crippen LogP contribution >= 0.6 is 0 Å². The number of methoxy groups -OCH3 is 1. The summed E-state index contributed by atoms with van der Waals surface area (Å²) in [5, 5.41) is 0. The molecule has 0 saturated carbocycles. The van der Waals surface area contributed by atoms with Crippen molar-refractivity contribution in [1.82, 2.24) is 0 Å². The van der Waals surface area contributed by atoms with Crippen molar-refractivity contribution in [2.75, 3.05) is 18.6 Å². The van der Waals surface area contributed by atoms with Crippen molar-refractivity contribution in [2.24, 2.45) is 10.7 Å². The van der Waals surface area contributed by atoms with Gasteiger partial charge in [-0.25, -0.2) is 4.39 Å². The van der Waals surface area contributed by atoms with Crippen LogP contribution in [-0.2, 0) is 0 Å². The molecule has 0 spiro atoms. The smallest absolute Gasteiger partial charge is 0.196 e. The van der Waals surface area contributed by atoms with Crippen LogP contribution in [0.15, 0.2) is 53.5 Å². The number of nitrogens with two attached hydrogens (primary N) is 1. The summed E-state index contributed by atoms with van der Waals surface area (Å²) in [6.07, 6.45) is 0. The van der Waals surface area contributed by atoms with Crippen LogP contribution in [-0.4, -0.2) is 19.6 Å². The third-order valence-corrected chi connectivity index (χ3v) is 3.59. The molecular weight excluding hydrogens is 269 g/mol. The van der Waals surface area contributed by atoms with Crippen molar-refractivity contribution in [2.45, 2.75) is 6.04 Å². The molecule has 0 aromatic heterocycles. The predicted molar refractivity (Wildman–Crippen MR) is 81.1 cm³/mol. The van der Waals surface area contributed by atoms with E-state index < -0.39 is 0 Å². The number of rotatable bonds is 3. The Morgan fingerprint density at radius 2 is 1.90 bits per heavy atom. The molecule has 4 nitrogen and oxygen atoms in total. The molecule has 2 aromatic carbocycles. The number of aliphatic imine (C=N–C) groups is 1. The van der Waals surface area contributed by atoms with Crippen LogP contribution in [0, 0.1) is 5.82 Å². The van der Waals surface area contributed by atoms with Gasteiger partial charge >= 0.3 is 0 Å². The van der Waals surface area contributed by atoms with E-state index in [0.29, 0.717) is 12.5 Å². The first-order valence-corrected chi connectivity index (χ1v) is 6.68. The Bertz CT molecular complexity index is 669. The van der Waals surface area contributed by atoms with Crippen molar-refractivity contribution in [3.63, 3.8) is 0 Å². The van der Waals surface area contributed by atoms with E-state index in [0.717, 1.165) is 17.0 Å². The third-order valence-electron chi connectivity index (χ3n) is 3.59. The van der Waals surface area contributed by atoms with Crippen LogP contribution in [0.2, 0.25) is 0 Å². The topological polar surface area (TPSA) is 50.9 Å². The SMILES string of the molecule is COc1ccccc1C1CN=C(N)N1c1ccc(F)cc1. The van der Waals surface area contributed by atoms with Gasteiger partial charge in [0.15, 0.2) is 5.96 Å². The van der Waals surface area contributed by atoms with Gasteiger partial charge in [-0.15, -0.1) is 0 Å². The van der Waals surface area contributed by atoms with Gasteiger partial charge < -0.3 is 15.4 Å². The van der Waals surface area contributed by atoms with E-state index in [2.05, 4.69) is 4.99 Å². The number of hydrogen-bond donors (Lipinski definition) is 1. The molecule has 3 rings (SSSR count). The molecule has 1 unspecified atom stereocenters. The van der Waals surface area contributed by atoms with Crippen molar-refractivity contribution >= 4 is 11.6 Å². The molecule has 0 aliphatic carbocycles. The second-order valence-corrected chi connectivity index (χ2v) is 4.80. The highest BCUT2D eigenvalue weighted by Gasteiger charge is 2.30. The number of halogens is 1. The van der Waals surface area contributed by atoms with Crippen molar-refractivity contribution in [3.8, 4) is 5.75 Å². The summed E-state index contributed by atoms with van der Waals surface area (Å²) in [4.78, 5) is 6.22. The number of ether oxygens (including phenoxy) is 1. The van der Waals surface area contributed by atoms with Crippen LogP contribution in [0.25, 0.3) is 0 Å². The zero-order chi connectivity index (χ0) is 14.8. The van der Waals surface area contributed by atoms with E-state index in [1.807, 2.05) is 29.2 Å². The van der Waals surface area contributed by atoms with Crippen molar-refractivity contribution in [3.05, 3.63) is 59.9 Å². The summed E-state index contributed by atoms with van der Waals surface area (Å²) in [6.45, 7) is 0.545. The van der Waals surface area contributed by atoms with Crippen LogP contribution in [0.3, 0.4) is 0 Å². The lowest BCUT2D eigenvalue weighted by Gasteiger charge is -2.27. The van der Waals surface area contributed by atoms with E-state index in [4.69, 9.17) is 10.5 Å². The fourth-order valence-corrected chi connectivity index (χ4v) is 2.59. The Balaban J connectivity index is 2.01. The van der Waals surface area contributed by atoms with E-state index in [1.165, 1.54) is 12.1 Å². The second kappa shape index (κ2) is 5.44. The van der Waals surface area contributed by atoms with E-state index in [-0.39, 0.29) is 11.9 Å². The van der Waals surface area contributed by atoms with Gasteiger partial charge in [0.05, 0.1) is 19.7 Å². The van der Waals surface area contributed by atoms with Crippen LogP contribution in [0.4, 0.5) is 10.1 Å². The van der Waals surface area contributed by atoms with Gasteiger partial charge in [0, 0.05) is 11.3 Å². The van der Waals surface area contributed by atoms with Gasteiger partial charge in [0.25, 0.3) is 0 Å². The molecule has 1 aliphatic heterocycles. The predicted octanol–water partition coefficient (Wildman–Crippen LogP) is 2.71. The Hall–Kier alpha value is -2.56.